The van der Waals surface area contributed by atoms with E-state index in [1.165, 1.54) is 40.5 Å². The number of nitrogens with zero attached hydrogens (tertiary/aromatic N) is 3. The van der Waals surface area contributed by atoms with Gasteiger partial charge in [-0.25, -0.2) is 28.0 Å². The van der Waals surface area contributed by atoms with E-state index in [0.717, 1.165) is 16.9 Å². The molecule has 0 fully saturated rings. The summed E-state index contributed by atoms with van der Waals surface area (Å²) in [5, 5.41) is 23.1. The zero-order chi connectivity index (χ0) is 22.9. The first kappa shape index (κ1) is 21.4. The maximum atomic E-state index is 12.8. The van der Waals surface area contributed by atoms with Crippen molar-refractivity contribution in [1.82, 2.24) is 14.8 Å². The van der Waals surface area contributed by atoms with Gasteiger partial charge in [0.15, 0.2) is 5.69 Å². The van der Waals surface area contributed by atoms with Crippen molar-refractivity contribution in [2.45, 2.75) is 4.90 Å². The maximum Gasteiger partial charge on any atom is 0.355 e. The van der Waals surface area contributed by atoms with E-state index in [4.69, 9.17) is 10.2 Å². The fourth-order valence-corrected chi connectivity index (χ4v) is 4.07. The third-order valence-corrected chi connectivity index (χ3v) is 6.12. The molecule has 10 nitrogen and oxygen atoms in total. The number of amides is 1. The van der Waals surface area contributed by atoms with Gasteiger partial charge in [-0.15, -0.1) is 11.3 Å². The lowest BCUT2D eigenvalue weighted by molar-refractivity contribution is 0.0691. The van der Waals surface area contributed by atoms with Crippen molar-refractivity contribution in [3.63, 3.8) is 0 Å². The number of hydrogen-bond acceptors (Lipinski definition) is 7. The molecular weight excluding hydrogens is 454 g/mol. The summed E-state index contributed by atoms with van der Waals surface area (Å²) in [5.74, 6) is -1.65. The number of aromatic nitrogens is 3. The van der Waals surface area contributed by atoms with Gasteiger partial charge in [-0.2, -0.15) is 5.10 Å². The van der Waals surface area contributed by atoms with Crippen LogP contribution in [0.1, 0.15) is 20.8 Å². The number of sulfonamides is 1. The maximum absolute atomic E-state index is 12.8. The summed E-state index contributed by atoms with van der Waals surface area (Å²) in [7, 11) is -3.87. The summed E-state index contributed by atoms with van der Waals surface area (Å²) in [6.45, 7) is 0. The highest BCUT2D eigenvalue weighted by Gasteiger charge is 2.18. The van der Waals surface area contributed by atoms with Gasteiger partial charge in [0.25, 0.3) is 5.91 Å². The fourth-order valence-electron chi connectivity index (χ4n) is 2.83. The highest BCUT2D eigenvalue weighted by atomic mass is 32.2. The van der Waals surface area contributed by atoms with E-state index in [-0.39, 0.29) is 16.2 Å². The van der Waals surface area contributed by atoms with Gasteiger partial charge in [0, 0.05) is 16.5 Å². The Labute approximate surface area is 186 Å². The first-order valence-electron chi connectivity index (χ1n) is 9.01. The molecule has 0 unspecified atom stereocenters. The summed E-state index contributed by atoms with van der Waals surface area (Å²) in [4.78, 5) is 27.8. The van der Waals surface area contributed by atoms with Crippen LogP contribution < -0.4 is 10.5 Å². The predicted molar refractivity (Wildman–Crippen MR) is 117 cm³/mol. The number of carbonyl (C=O) groups is 2. The molecule has 0 aliphatic carbocycles. The second-order valence-electron chi connectivity index (χ2n) is 6.55. The molecule has 0 saturated heterocycles. The summed E-state index contributed by atoms with van der Waals surface area (Å²) in [5.41, 5.74) is 1.64. The van der Waals surface area contributed by atoms with E-state index in [1.807, 2.05) is 30.3 Å². The molecule has 2 aromatic heterocycles. The summed E-state index contributed by atoms with van der Waals surface area (Å²) < 4.78 is 24.2. The number of nitrogens with two attached hydrogens (primary N) is 1. The minimum Gasteiger partial charge on any atom is -0.476 e. The van der Waals surface area contributed by atoms with Gasteiger partial charge in [-0.3, -0.25) is 4.79 Å². The molecule has 0 bridgehead atoms. The quantitative estimate of drug-likeness (QED) is 0.391. The monoisotopic (exact) mass is 469 g/mol. The zero-order valence-electron chi connectivity index (χ0n) is 16.2. The molecule has 0 aliphatic rings. The predicted octanol–water partition coefficient (Wildman–Crippen LogP) is 2.59. The summed E-state index contributed by atoms with van der Waals surface area (Å²) >= 11 is 1.09. The molecule has 4 rings (SSSR count). The number of primary sulfonamides is 1. The number of carboxylic acids is 1. The Bertz CT molecular complexity index is 1410. The van der Waals surface area contributed by atoms with E-state index in [0.29, 0.717) is 16.5 Å². The van der Waals surface area contributed by atoms with Gasteiger partial charge in [-0.1, -0.05) is 30.3 Å². The van der Waals surface area contributed by atoms with Crippen molar-refractivity contribution in [2.24, 2.45) is 5.14 Å². The molecule has 4 N–H and O–H groups in total. The number of carboxylic acid groups (broad SMARTS) is 1. The standard InChI is InChI=1S/C20H15N5O5S2/c21-32(29,30)14-8-6-13(7-9-14)18(26)22-15-10-25(20-23-16(11-31-20)19(27)28)24-17(15)12-4-2-1-3-5-12/h1-11H,(H,22,26)(H,27,28)(H2,21,29,30). The molecule has 2 heterocycles. The zero-order valence-corrected chi connectivity index (χ0v) is 17.8. The molecule has 1 amide bonds. The molecule has 32 heavy (non-hydrogen) atoms. The lowest BCUT2D eigenvalue weighted by atomic mass is 10.1. The van der Waals surface area contributed by atoms with Crippen molar-refractivity contribution >= 4 is 38.9 Å². The molecular formula is C20H15N5O5S2. The first-order chi connectivity index (χ1) is 15.2. The van der Waals surface area contributed by atoms with Gasteiger partial charge in [0.2, 0.25) is 15.2 Å². The molecule has 162 valence electrons. The normalized spacial score (nSPS) is 11.3. The van der Waals surface area contributed by atoms with Crippen LogP contribution in [0.15, 0.2) is 71.1 Å². The Balaban J connectivity index is 1.69. The van der Waals surface area contributed by atoms with Gasteiger partial charge < -0.3 is 10.4 Å². The van der Waals surface area contributed by atoms with Gasteiger partial charge in [0.05, 0.1) is 16.8 Å². The molecule has 2 aromatic carbocycles. The number of benzene rings is 2. The third kappa shape index (κ3) is 4.42. The van der Waals surface area contributed by atoms with Crippen LogP contribution in [0.2, 0.25) is 0 Å². The van der Waals surface area contributed by atoms with Crippen LogP contribution in [0.4, 0.5) is 5.69 Å². The number of rotatable bonds is 6. The van der Waals surface area contributed by atoms with Crippen LogP contribution in [0.5, 0.6) is 0 Å². The van der Waals surface area contributed by atoms with Gasteiger partial charge in [0.1, 0.15) is 5.69 Å². The number of anilines is 1. The van der Waals surface area contributed by atoms with Crippen LogP contribution >= 0.6 is 11.3 Å². The third-order valence-electron chi connectivity index (χ3n) is 4.36. The number of carbonyl (C=O) groups excluding carboxylic acids is 1. The van der Waals surface area contributed by atoms with Crippen molar-refractivity contribution in [1.29, 1.82) is 0 Å². The number of nitrogens with one attached hydrogen (secondary N) is 1. The number of aromatic carboxylic acids is 1. The Morgan fingerprint density at radius 2 is 1.75 bits per heavy atom. The molecule has 0 aliphatic heterocycles. The highest BCUT2D eigenvalue weighted by Crippen LogP contribution is 2.29. The van der Waals surface area contributed by atoms with Crippen molar-refractivity contribution in [3.8, 4) is 16.4 Å². The molecule has 0 radical (unpaired) electrons. The first-order valence-corrected chi connectivity index (χ1v) is 11.4. The molecule has 0 atom stereocenters. The van der Waals surface area contributed by atoms with E-state index < -0.39 is 21.9 Å². The summed E-state index contributed by atoms with van der Waals surface area (Å²) in [6, 6.07) is 14.3. The van der Waals surface area contributed by atoms with Crippen LogP contribution in [0, 0.1) is 0 Å². The fraction of sp³-hybridized carbons (Fsp3) is 0. The van der Waals surface area contributed by atoms with E-state index in [9.17, 15) is 18.0 Å². The molecule has 0 saturated carbocycles. The average Bonchev–Trinajstić information content (AvgIpc) is 3.41. The Morgan fingerprint density at radius 3 is 2.34 bits per heavy atom. The number of hydrogen-bond donors (Lipinski definition) is 3. The van der Waals surface area contributed by atoms with Gasteiger partial charge >= 0.3 is 5.97 Å². The highest BCUT2D eigenvalue weighted by molar-refractivity contribution is 7.89. The molecule has 12 heteroatoms. The van der Waals surface area contributed by atoms with Crippen LogP contribution in [-0.2, 0) is 10.0 Å². The van der Waals surface area contributed by atoms with E-state index in [2.05, 4.69) is 15.4 Å². The number of thiazole rings is 1. The largest absolute Gasteiger partial charge is 0.476 e. The Morgan fingerprint density at radius 1 is 1.06 bits per heavy atom. The summed E-state index contributed by atoms with van der Waals surface area (Å²) in [6.07, 6.45) is 1.53. The smallest absolute Gasteiger partial charge is 0.355 e. The minimum absolute atomic E-state index is 0.107. The average molecular weight is 470 g/mol. The van der Waals surface area contributed by atoms with Crippen molar-refractivity contribution < 1.29 is 23.1 Å². The second kappa shape index (κ2) is 8.34. The second-order valence-corrected chi connectivity index (χ2v) is 8.94. The van der Waals surface area contributed by atoms with Crippen molar-refractivity contribution in [2.75, 3.05) is 5.32 Å². The van der Waals surface area contributed by atoms with E-state index >= 15 is 0 Å². The lowest BCUT2D eigenvalue weighted by Crippen LogP contribution is -2.14. The lowest BCUT2D eigenvalue weighted by Gasteiger charge is -2.06. The topological polar surface area (TPSA) is 157 Å². The van der Waals surface area contributed by atoms with Gasteiger partial charge in [-0.05, 0) is 24.3 Å². The van der Waals surface area contributed by atoms with Crippen LogP contribution in [-0.4, -0.2) is 40.2 Å². The van der Waals surface area contributed by atoms with Crippen LogP contribution in [0.25, 0.3) is 16.4 Å². The molecule has 4 aromatic rings. The SMILES string of the molecule is NS(=O)(=O)c1ccc(C(=O)Nc2cn(-c3nc(C(=O)O)cs3)nc2-c2ccccc2)cc1. The van der Waals surface area contributed by atoms with Crippen molar-refractivity contribution in [3.05, 3.63) is 77.4 Å². The minimum atomic E-state index is -3.87. The Kier molecular flexibility index (Phi) is 5.57. The van der Waals surface area contributed by atoms with Crippen LogP contribution in [0.3, 0.4) is 0 Å². The van der Waals surface area contributed by atoms with E-state index in [1.54, 1.807) is 0 Å². The Hall–Kier alpha value is -3.87. The molecule has 0 spiro atoms.